The van der Waals surface area contributed by atoms with Crippen molar-refractivity contribution < 1.29 is 24.5 Å². The van der Waals surface area contributed by atoms with Gasteiger partial charge in [-0.1, -0.05) is 54.1 Å². The number of amides is 1. The SMILES string of the molecule is COc1ccc(C2=C(O)C(=O)N(Cc3ccc(C)cc3)[C@@H]2c2ccc(C(=O)O)cc2)cc1. The Bertz CT molecular complexity index is 1180. The first-order chi connectivity index (χ1) is 15.4. The van der Waals surface area contributed by atoms with Crippen LogP contribution in [0, 0.1) is 6.92 Å². The zero-order valence-corrected chi connectivity index (χ0v) is 17.8. The monoisotopic (exact) mass is 429 g/mol. The number of methoxy groups -OCH3 is 1. The van der Waals surface area contributed by atoms with Gasteiger partial charge in [0, 0.05) is 12.1 Å². The normalized spacial score (nSPS) is 15.9. The van der Waals surface area contributed by atoms with Crippen LogP contribution in [0.25, 0.3) is 5.57 Å². The van der Waals surface area contributed by atoms with Gasteiger partial charge in [0.05, 0.1) is 18.7 Å². The Morgan fingerprint density at radius 2 is 1.59 bits per heavy atom. The predicted molar refractivity (Wildman–Crippen MR) is 120 cm³/mol. The number of aliphatic hydroxyl groups is 1. The molecule has 0 aromatic heterocycles. The van der Waals surface area contributed by atoms with Gasteiger partial charge in [0.25, 0.3) is 5.91 Å². The summed E-state index contributed by atoms with van der Waals surface area (Å²) in [5.74, 6) is -1.14. The van der Waals surface area contributed by atoms with Crippen molar-refractivity contribution in [3.8, 4) is 5.75 Å². The van der Waals surface area contributed by atoms with Crippen LogP contribution in [0.3, 0.4) is 0 Å². The highest BCUT2D eigenvalue weighted by Gasteiger charge is 2.41. The van der Waals surface area contributed by atoms with Crippen molar-refractivity contribution in [1.29, 1.82) is 0 Å². The molecule has 1 heterocycles. The number of benzene rings is 3. The molecule has 0 aliphatic carbocycles. The standard InChI is InChI=1S/C26H23NO5/c1-16-3-5-17(6-4-16)15-27-23(19-7-9-20(10-8-19)26(30)31)22(24(28)25(27)29)18-11-13-21(32-2)14-12-18/h3-14,23,28H,15H2,1-2H3,(H,30,31)/t23-/m1/s1. The van der Waals surface area contributed by atoms with Crippen molar-refractivity contribution in [3.05, 3.63) is 106 Å². The quantitative estimate of drug-likeness (QED) is 0.590. The lowest BCUT2D eigenvalue weighted by atomic mass is 9.92. The van der Waals surface area contributed by atoms with Gasteiger partial charge in [-0.2, -0.15) is 0 Å². The summed E-state index contributed by atoms with van der Waals surface area (Å²) in [5.41, 5.74) is 4.08. The van der Waals surface area contributed by atoms with E-state index in [-0.39, 0.29) is 11.3 Å². The van der Waals surface area contributed by atoms with Gasteiger partial charge in [0.15, 0.2) is 5.76 Å². The predicted octanol–water partition coefficient (Wildman–Crippen LogP) is 4.75. The molecule has 3 aromatic rings. The van der Waals surface area contributed by atoms with E-state index in [2.05, 4.69) is 0 Å². The van der Waals surface area contributed by atoms with Crippen LogP contribution < -0.4 is 4.74 Å². The molecular weight excluding hydrogens is 406 g/mol. The van der Waals surface area contributed by atoms with Crippen molar-refractivity contribution >= 4 is 17.4 Å². The number of aromatic carboxylic acids is 1. The largest absolute Gasteiger partial charge is 0.503 e. The fourth-order valence-electron chi connectivity index (χ4n) is 3.93. The van der Waals surface area contributed by atoms with Gasteiger partial charge in [-0.25, -0.2) is 4.79 Å². The minimum absolute atomic E-state index is 0.155. The Balaban J connectivity index is 1.79. The van der Waals surface area contributed by atoms with Gasteiger partial charge in [-0.15, -0.1) is 0 Å². The Morgan fingerprint density at radius 3 is 2.16 bits per heavy atom. The van der Waals surface area contributed by atoms with Crippen molar-refractivity contribution in [2.45, 2.75) is 19.5 Å². The van der Waals surface area contributed by atoms with E-state index in [9.17, 15) is 19.8 Å². The van der Waals surface area contributed by atoms with E-state index in [1.54, 1.807) is 48.4 Å². The number of hydrogen-bond donors (Lipinski definition) is 2. The van der Waals surface area contributed by atoms with E-state index in [0.717, 1.165) is 11.1 Å². The first kappa shape index (κ1) is 21.2. The molecule has 3 aromatic carbocycles. The lowest BCUT2D eigenvalue weighted by Gasteiger charge is -2.27. The number of rotatable bonds is 6. The number of carboxylic acid groups (broad SMARTS) is 1. The maximum absolute atomic E-state index is 13.1. The molecule has 0 spiro atoms. The molecule has 1 aliphatic rings. The van der Waals surface area contributed by atoms with Crippen LogP contribution >= 0.6 is 0 Å². The molecule has 1 atom stereocenters. The Hall–Kier alpha value is -4.06. The maximum Gasteiger partial charge on any atom is 0.335 e. The van der Waals surface area contributed by atoms with E-state index in [0.29, 0.717) is 29.0 Å². The molecule has 6 heteroatoms. The lowest BCUT2D eigenvalue weighted by Crippen LogP contribution is -2.29. The lowest BCUT2D eigenvalue weighted by molar-refractivity contribution is -0.130. The zero-order chi connectivity index (χ0) is 22.8. The molecule has 0 bridgehead atoms. The number of carbonyl (C=O) groups is 2. The average Bonchev–Trinajstić information content (AvgIpc) is 3.05. The highest BCUT2D eigenvalue weighted by atomic mass is 16.5. The molecule has 1 amide bonds. The van der Waals surface area contributed by atoms with Gasteiger partial charge in [0.2, 0.25) is 0 Å². The molecule has 0 fully saturated rings. The minimum Gasteiger partial charge on any atom is -0.503 e. The van der Waals surface area contributed by atoms with Crippen LogP contribution in [0.4, 0.5) is 0 Å². The summed E-state index contributed by atoms with van der Waals surface area (Å²) in [7, 11) is 1.57. The topological polar surface area (TPSA) is 87.1 Å². The number of carbonyl (C=O) groups excluding carboxylic acids is 1. The van der Waals surface area contributed by atoms with Crippen LogP contribution in [0.15, 0.2) is 78.6 Å². The highest BCUT2D eigenvalue weighted by molar-refractivity contribution is 6.05. The number of nitrogens with zero attached hydrogens (tertiary/aromatic N) is 1. The van der Waals surface area contributed by atoms with Crippen LogP contribution in [-0.2, 0) is 11.3 Å². The summed E-state index contributed by atoms with van der Waals surface area (Å²) < 4.78 is 5.23. The summed E-state index contributed by atoms with van der Waals surface area (Å²) in [4.78, 5) is 26.0. The second-order valence-electron chi connectivity index (χ2n) is 7.74. The summed E-state index contributed by atoms with van der Waals surface area (Å²) in [6.45, 7) is 2.29. The number of aliphatic hydroxyl groups excluding tert-OH is 1. The molecule has 6 nitrogen and oxygen atoms in total. The van der Waals surface area contributed by atoms with Gasteiger partial charge < -0.3 is 19.8 Å². The van der Waals surface area contributed by atoms with Crippen LogP contribution in [0.5, 0.6) is 5.75 Å². The molecule has 32 heavy (non-hydrogen) atoms. The molecule has 0 radical (unpaired) electrons. The van der Waals surface area contributed by atoms with E-state index < -0.39 is 17.9 Å². The van der Waals surface area contributed by atoms with Crippen LogP contribution in [0.2, 0.25) is 0 Å². The molecule has 0 saturated carbocycles. The zero-order valence-electron chi connectivity index (χ0n) is 17.8. The van der Waals surface area contributed by atoms with Gasteiger partial charge in [-0.3, -0.25) is 4.79 Å². The first-order valence-electron chi connectivity index (χ1n) is 10.2. The number of ether oxygens (including phenoxy) is 1. The average molecular weight is 429 g/mol. The second-order valence-corrected chi connectivity index (χ2v) is 7.74. The van der Waals surface area contributed by atoms with E-state index in [4.69, 9.17) is 4.74 Å². The molecule has 0 saturated heterocycles. The summed E-state index contributed by atoms with van der Waals surface area (Å²) in [6, 6.07) is 20.8. The van der Waals surface area contributed by atoms with E-state index in [1.165, 1.54) is 12.1 Å². The number of aryl methyl sites for hydroxylation is 1. The van der Waals surface area contributed by atoms with Crippen molar-refractivity contribution in [3.63, 3.8) is 0 Å². The molecule has 1 aliphatic heterocycles. The summed E-state index contributed by atoms with van der Waals surface area (Å²) >= 11 is 0. The summed E-state index contributed by atoms with van der Waals surface area (Å²) in [6.07, 6.45) is 0. The van der Waals surface area contributed by atoms with E-state index >= 15 is 0 Å². The third-order valence-corrected chi connectivity index (χ3v) is 5.65. The van der Waals surface area contributed by atoms with E-state index in [1.807, 2.05) is 31.2 Å². The fraction of sp³-hybridized carbons (Fsp3) is 0.154. The van der Waals surface area contributed by atoms with Crippen molar-refractivity contribution in [1.82, 2.24) is 4.90 Å². The fourth-order valence-corrected chi connectivity index (χ4v) is 3.93. The Morgan fingerprint density at radius 1 is 0.969 bits per heavy atom. The summed E-state index contributed by atoms with van der Waals surface area (Å²) in [5, 5.41) is 20.1. The molecular formula is C26H23NO5. The smallest absolute Gasteiger partial charge is 0.335 e. The van der Waals surface area contributed by atoms with Gasteiger partial charge >= 0.3 is 5.97 Å². The van der Waals surface area contributed by atoms with Gasteiger partial charge in [-0.05, 0) is 47.9 Å². The minimum atomic E-state index is -1.02. The number of carboxylic acids is 1. The molecule has 2 N–H and O–H groups in total. The van der Waals surface area contributed by atoms with Crippen molar-refractivity contribution in [2.75, 3.05) is 7.11 Å². The van der Waals surface area contributed by atoms with Gasteiger partial charge in [0.1, 0.15) is 5.75 Å². The Labute approximate surface area is 186 Å². The Kier molecular flexibility index (Phi) is 5.69. The molecule has 162 valence electrons. The van der Waals surface area contributed by atoms with Crippen LogP contribution in [0.1, 0.15) is 38.7 Å². The highest BCUT2D eigenvalue weighted by Crippen LogP contribution is 2.44. The van der Waals surface area contributed by atoms with Crippen LogP contribution in [-0.4, -0.2) is 34.1 Å². The molecule has 4 rings (SSSR count). The molecule has 0 unspecified atom stereocenters. The number of hydrogen-bond acceptors (Lipinski definition) is 4. The second kappa shape index (κ2) is 8.59. The maximum atomic E-state index is 13.1. The third kappa shape index (κ3) is 3.95. The van der Waals surface area contributed by atoms with Crippen molar-refractivity contribution in [2.24, 2.45) is 0 Å². The first-order valence-corrected chi connectivity index (χ1v) is 10.2. The third-order valence-electron chi connectivity index (χ3n) is 5.65.